The first-order valence-corrected chi connectivity index (χ1v) is 12.3. The molecule has 1 fully saturated rings. The van der Waals surface area contributed by atoms with Gasteiger partial charge in [-0.2, -0.15) is 0 Å². The van der Waals surface area contributed by atoms with Crippen LogP contribution in [0.15, 0.2) is 24.3 Å². The monoisotopic (exact) mass is 362 g/mol. The van der Waals surface area contributed by atoms with Crippen LogP contribution in [0.2, 0.25) is 18.1 Å². The molecule has 2 rings (SSSR count). The molecule has 0 aromatic heterocycles. The molecule has 0 N–H and O–H groups in total. The van der Waals surface area contributed by atoms with Gasteiger partial charge in [-0.15, -0.1) is 0 Å². The van der Waals surface area contributed by atoms with Gasteiger partial charge in [-0.3, -0.25) is 4.90 Å². The van der Waals surface area contributed by atoms with E-state index in [0.29, 0.717) is 6.54 Å². The molecule has 0 amide bonds. The van der Waals surface area contributed by atoms with E-state index in [9.17, 15) is 4.79 Å². The van der Waals surface area contributed by atoms with Crippen LogP contribution < -0.4 is 4.90 Å². The van der Waals surface area contributed by atoms with E-state index >= 15 is 0 Å². The summed E-state index contributed by atoms with van der Waals surface area (Å²) >= 11 is 0. The fraction of sp³-hybridized carbons (Fsp3) is 0.650. The second-order valence-electron chi connectivity index (χ2n) is 8.48. The first kappa shape index (κ1) is 20.1. The zero-order valence-corrected chi connectivity index (χ0v) is 17.5. The predicted molar refractivity (Wildman–Crippen MR) is 108 cm³/mol. The van der Waals surface area contributed by atoms with Crippen molar-refractivity contribution in [3.05, 3.63) is 29.8 Å². The van der Waals surface area contributed by atoms with Crippen LogP contribution in [0.5, 0.6) is 0 Å². The van der Waals surface area contributed by atoms with Crippen molar-refractivity contribution < 1.29 is 9.22 Å². The molecule has 1 aromatic carbocycles. The third-order valence-corrected chi connectivity index (χ3v) is 10.2. The SMILES string of the molecule is CC(C)(C)[Si](C)(C)OCCc1ccc(N2CCN(CC=O)CC2)cc1. The van der Waals surface area contributed by atoms with E-state index in [4.69, 9.17) is 4.43 Å². The zero-order chi connectivity index (χ0) is 18.5. The standard InChI is InChI=1S/C20H34N2O2Si/c1-20(2,3)25(4,5)24-17-10-18-6-8-19(9-7-18)22-13-11-21(12-14-22)15-16-23/h6-9,16H,10-15,17H2,1-5H3. The highest BCUT2D eigenvalue weighted by atomic mass is 28.4. The van der Waals surface area contributed by atoms with Crippen molar-refractivity contribution in [3.8, 4) is 0 Å². The highest BCUT2D eigenvalue weighted by Gasteiger charge is 2.36. The second kappa shape index (κ2) is 8.47. The summed E-state index contributed by atoms with van der Waals surface area (Å²) in [7, 11) is -1.65. The number of piperazine rings is 1. The van der Waals surface area contributed by atoms with E-state index in [0.717, 1.165) is 45.5 Å². The summed E-state index contributed by atoms with van der Waals surface area (Å²) in [5.41, 5.74) is 2.61. The van der Waals surface area contributed by atoms with E-state index in [1.165, 1.54) is 11.3 Å². The second-order valence-corrected chi connectivity index (χ2v) is 13.3. The summed E-state index contributed by atoms with van der Waals surface area (Å²) in [6.07, 6.45) is 1.97. The van der Waals surface area contributed by atoms with Gasteiger partial charge in [0.15, 0.2) is 8.32 Å². The molecule has 0 spiro atoms. The van der Waals surface area contributed by atoms with Crippen LogP contribution in [0, 0.1) is 0 Å². The number of hydrogen-bond donors (Lipinski definition) is 0. The Morgan fingerprint density at radius 2 is 1.68 bits per heavy atom. The largest absolute Gasteiger partial charge is 0.416 e. The van der Waals surface area contributed by atoms with Crippen molar-refractivity contribution in [1.29, 1.82) is 0 Å². The maximum absolute atomic E-state index is 10.6. The number of nitrogens with zero attached hydrogens (tertiary/aromatic N) is 2. The zero-order valence-electron chi connectivity index (χ0n) is 16.5. The van der Waals surface area contributed by atoms with E-state index in [1.54, 1.807) is 0 Å². The lowest BCUT2D eigenvalue weighted by Crippen LogP contribution is -2.46. The van der Waals surface area contributed by atoms with Gasteiger partial charge >= 0.3 is 0 Å². The molecule has 5 heteroatoms. The Kier molecular flexibility index (Phi) is 6.83. The Hall–Kier alpha value is -1.17. The molecule has 1 aliphatic rings. The van der Waals surface area contributed by atoms with Crippen LogP contribution in [-0.2, 0) is 15.6 Å². The number of anilines is 1. The molecule has 0 aliphatic carbocycles. The van der Waals surface area contributed by atoms with Crippen molar-refractivity contribution >= 4 is 20.3 Å². The Morgan fingerprint density at radius 3 is 2.20 bits per heavy atom. The average Bonchev–Trinajstić information content (AvgIpc) is 2.55. The first-order valence-electron chi connectivity index (χ1n) is 9.37. The van der Waals surface area contributed by atoms with Crippen LogP contribution in [0.3, 0.4) is 0 Å². The van der Waals surface area contributed by atoms with Crippen molar-refractivity contribution in [2.45, 2.75) is 45.3 Å². The normalized spacial score (nSPS) is 16.9. The summed E-state index contributed by atoms with van der Waals surface area (Å²) in [4.78, 5) is 15.2. The van der Waals surface area contributed by atoms with Crippen LogP contribution in [-0.4, -0.2) is 58.8 Å². The van der Waals surface area contributed by atoms with Crippen molar-refractivity contribution in [1.82, 2.24) is 4.90 Å². The van der Waals surface area contributed by atoms with Crippen LogP contribution in [0.4, 0.5) is 5.69 Å². The molecule has 1 aliphatic heterocycles. The number of carbonyl (C=O) groups excluding carboxylic acids is 1. The molecule has 1 saturated heterocycles. The Balaban J connectivity index is 1.81. The highest BCUT2D eigenvalue weighted by molar-refractivity contribution is 6.74. The molecular formula is C20H34N2O2Si. The predicted octanol–water partition coefficient (Wildman–Crippen LogP) is 3.57. The molecule has 0 unspecified atom stereocenters. The topological polar surface area (TPSA) is 32.8 Å². The van der Waals surface area contributed by atoms with E-state index in [1.807, 2.05) is 0 Å². The van der Waals surface area contributed by atoms with Crippen LogP contribution >= 0.6 is 0 Å². The third kappa shape index (κ3) is 5.66. The van der Waals surface area contributed by atoms with Gasteiger partial charge in [0.05, 0.1) is 6.54 Å². The fourth-order valence-electron chi connectivity index (χ4n) is 2.81. The number of hydrogen-bond acceptors (Lipinski definition) is 4. The first-order chi connectivity index (χ1) is 11.7. The van der Waals surface area contributed by atoms with Gasteiger partial charge in [-0.25, -0.2) is 0 Å². The van der Waals surface area contributed by atoms with Crippen LogP contribution in [0.25, 0.3) is 0 Å². The fourth-order valence-corrected chi connectivity index (χ4v) is 3.85. The van der Waals surface area contributed by atoms with Gasteiger partial charge in [0, 0.05) is 38.5 Å². The third-order valence-electron chi connectivity index (χ3n) is 5.67. The minimum absolute atomic E-state index is 0.267. The highest BCUT2D eigenvalue weighted by Crippen LogP contribution is 2.36. The lowest BCUT2D eigenvalue weighted by Gasteiger charge is -2.36. The molecule has 4 nitrogen and oxygen atoms in total. The summed E-state index contributed by atoms with van der Waals surface area (Å²) in [5.74, 6) is 0. The number of aldehydes is 1. The lowest BCUT2D eigenvalue weighted by atomic mass is 10.1. The van der Waals surface area contributed by atoms with E-state index in [-0.39, 0.29) is 5.04 Å². The van der Waals surface area contributed by atoms with Crippen LogP contribution in [0.1, 0.15) is 26.3 Å². The lowest BCUT2D eigenvalue weighted by molar-refractivity contribution is -0.108. The molecule has 0 atom stereocenters. The maximum Gasteiger partial charge on any atom is 0.191 e. The van der Waals surface area contributed by atoms with Gasteiger partial charge in [0.1, 0.15) is 6.29 Å². The number of rotatable bonds is 7. The molecule has 25 heavy (non-hydrogen) atoms. The Bertz CT molecular complexity index is 544. The Labute approximate surface area is 154 Å². The molecule has 0 saturated carbocycles. The quantitative estimate of drug-likeness (QED) is 0.548. The van der Waals surface area contributed by atoms with Crippen molar-refractivity contribution in [2.75, 3.05) is 44.2 Å². The molecule has 0 radical (unpaired) electrons. The summed E-state index contributed by atoms with van der Waals surface area (Å²) in [6.45, 7) is 16.7. The molecule has 140 valence electrons. The van der Waals surface area contributed by atoms with E-state index < -0.39 is 8.32 Å². The van der Waals surface area contributed by atoms with Crippen molar-refractivity contribution in [2.24, 2.45) is 0 Å². The summed E-state index contributed by atoms with van der Waals surface area (Å²) < 4.78 is 6.27. The van der Waals surface area contributed by atoms with E-state index in [2.05, 4.69) is 67.9 Å². The number of benzene rings is 1. The molecular weight excluding hydrogens is 328 g/mol. The minimum atomic E-state index is -1.65. The maximum atomic E-state index is 10.6. The van der Waals surface area contributed by atoms with Gasteiger partial charge in [0.25, 0.3) is 0 Å². The minimum Gasteiger partial charge on any atom is -0.416 e. The number of carbonyl (C=O) groups is 1. The van der Waals surface area contributed by atoms with Crippen molar-refractivity contribution in [3.63, 3.8) is 0 Å². The van der Waals surface area contributed by atoms with Gasteiger partial charge in [-0.05, 0) is 42.2 Å². The summed E-state index contributed by atoms with van der Waals surface area (Å²) in [5, 5.41) is 0.267. The smallest absolute Gasteiger partial charge is 0.191 e. The van der Waals surface area contributed by atoms with Gasteiger partial charge in [0.2, 0.25) is 0 Å². The Morgan fingerprint density at radius 1 is 1.08 bits per heavy atom. The molecule has 1 aromatic rings. The van der Waals surface area contributed by atoms with Gasteiger partial charge in [-0.1, -0.05) is 32.9 Å². The molecule has 0 bridgehead atoms. The van der Waals surface area contributed by atoms with Gasteiger partial charge < -0.3 is 14.1 Å². The molecule has 1 heterocycles. The summed E-state index contributed by atoms with van der Waals surface area (Å²) in [6, 6.07) is 8.89. The average molecular weight is 363 g/mol.